The van der Waals surface area contributed by atoms with Crippen LogP contribution in [-0.4, -0.2) is 50.2 Å². The zero-order chi connectivity index (χ0) is 11.0. The molecule has 16 heavy (non-hydrogen) atoms. The van der Waals surface area contributed by atoms with Crippen molar-refractivity contribution in [2.24, 2.45) is 17.8 Å². The summed E-state index contributed by atoms with van der Waals surface area (Å²) in [6, 6.07) is 0. The van der Waals surface area contributed by atoms with Crippen LogP contribution in [0.15, 0.2) is 0 Å². The highest BCUT2D eigenvalue weighted by Crippen LogP contribution is 2.30. The molecule has 4 heteroatoms. The maximum absolute atomic E-state index is 12.3. The summed E-state index contributed by atoms with van der Waals surface area (Å²) in [5, 5.41) is 3.31. The Bertz CT molecular complexity index is 264. The summed E-state index contributed by atoms with van der Waals surface area (Å²) in [7, 11) is 0. The predicted molar refractivity (Wildman–Crippen MR) is 60.0 cm³/mol. The van der Waals surface area contributed by atoms with Gasteiger partial charge in [0.15, 0.2) is 0 Å². The fourth-order valence-corrected chi connectivity index (χ4v) is 3.19. The third-order valence-corrected chi connectivity index (χ3v) is 4.24. The van der Waals surface area contributed by atoms with E-state index in [0.29, 0.717) is 17.7 Å². The Hall–Kier alpha value is -0.610. The monoisotopic (exact) mass is 224 g/mol. The fraction of sp³-hybridized carbons (Fsp3) is 0.917. The molecule has 0 bridgehead atoms. The van der Waals surface area contributed by atoms with Gasteiger partial charge in [-0.2, -0.15) is 0 Å². The van der Waals surface area contributed by atoms with Crippen LogP contribution in [0.5, 0.6) is 0 Å². The molecule has 0 aromatic rings. The third kappa shape index (κ3) is 1.84. The van der Waals surface area contributed by atoms with Gasteiger partial charge in [0.2, 0.25) is 5.91 Å². The summed E-state index contributed by atoms with van der Waals surface area (Å²) < 4.78 is 5.44. The molecule has 3 aliphatic heterocycles. The smallest absolute Gasteiger partial charge is 0.225 e. The molecular weight excluding hydrogens is 204 g/mol. The topological polar surface area (TPSA) is 41.6 Å². The minimum atomic E-state index is 0.279. The Morgan fingerprint density at radius 3 is 2.38 bits per heavy atom. The molecule has 3 aliphatic rings. The largest absolute Gasteiger partial charge is 0.381 e. The Morgan fingerprint density at radius 2 is 1.75 bits per heavy atom. The number of nitrogens with zero attached hydrogens (tertiary/aromatic N) is 1. The molecule has 0 aromatic heterocycles. The van der Waals surface area contributed by atoms with Gasteiger partial charge in [0, 0.05) is 30.8 Å². The first kappa shape index (κ1) is 10.5. The van der Waals surface area contributed by atoms with Crippen LogP contribution in [0.1, 0.15) is 12.8 Å². The summed E-state index contributed by atoms with van der Waals surface area (Å²) in [5.41, 5.74) is 0. The molecule has 0 aromatic carbocycles. The Balaban J connectivity index is 1.59. The van der Waals surface area contributed by atoms with Crippen LogP contribution < -0.4 is 5.32 Å². The lowest BCUT2D eigenvalue weighted by Gasteiger charge is -2.27. The van der Waals surface area contributed by atoms with Gasteiger partial charge in [-0.05, 0) is 25.9 Å². The van der Waals surface area contributed by atoms with E-state index in [2.05, 4.69) is 10.2 Å². The second-order valence-corrected chi connectivity index (χ2v) is 5.33. The lowest BCUT2D eigenvalue weighted by molar-refractivity contribution is -0.135. The van der Waals surface area contributed by atoms with Crippen molar-refractivity contribution < 1.29 is 9.53 Å². The molecule has 4 nitrogen and oxygen atoms in total. The van der Waals surface area contributed by atoms with Gasteiger partial charge in [-0.15, -0.1) is 0 Å². The molecule has 3 rings (SSSR count). The maximum Gasteiger partial charge on any atom is 0.225 e. The summed E-state index contributed by atoms with van der Waals surface area (Å²) in [5.74, 6) is 1.91. The number of likely N-dealkylation sites (tertiary alicyclic amines) is 1. The molecule has 3 heterocycles. The van der Waals surface area contributed by atoms with Gasteiger partial charge in [-0.1, -0.05) is 0 Å². The first-order valence-electron chi connectivity index (χ1n) is 6.42. The zero-order valence-corrected chi connectivity index (χ0v) is 9.65. The van der Waals surface area contributed by atoms with E-state index < -0.39 is 0 Å². The first-order valence-corrected chi connectivity index (χ1v) is 6.42. The van der Waals surface area contributed by atoms with Crippen molar-refractivity contribution in [3.63, 3.8) is 0 Å². The van der Waals surface area contributed by atoms with Crippen LogP contribution >= 0.6 is 0 Å². The van der Waals surface area contributed by atoms with Crippen LogP contribution in [0, 0.1) is 17.8 Å². The highest BCUT2D eigenvalue weighted by atomic mass is 16.5. The lowest BCUT2D eigenvalue weighted by Crippen LogP contribution is -2.40. The SMILES string of the molecule is O=C(C1CCNCC1)N1CC2COCC2C1. The summed E-state index contributed by atoms with van der Waals surface area (Å²) in [6.07, 6.45) is 2.03. The quantitative estimate of drug-likeness (QED) is 0.686. The Kier molecular flexibility index (Phi) is 2.86. The van der Waals surface area contributed by atoms with Gasteiger partial charge in [0.25, 0.3) is 0 Å². The average molecular weight is 224 g/mol. The summed E-state index contributed by atoms with van der Waals surface area (Å²) >= 11 is 0. The fourth-order valence-electron chi connectivity index (χ4n) is 3.19. The highest BCUT2D eigenvalue weighted by molar-refractivity contribution is 5.79. The molecule has 1 amide bonds. The third-order valence-electron chi connectivity index (χ3n) is 4.24. The zero-order valence-electron chi connectivity index (χ0n) is 9.65. The number of piperidine rings is 1. The number of carbonyl (C=O) groups excluding carboxylic acids is 1. The second kappa shape index (κ2) is 4.34. The van der Waals surface area contributed by atoms with Crippen molar-refractivity contribution >= 4 is 5.91 Å². The minimum Gasteiger partial charge on any atom is -0.381 e. The maximum atomic E-state index is 12.3. The van der Waals surface area contributed by atoms with E-state index in [1.807, 2.05) is 0 Å². The van der Waals surface area contributed by atoms with Crippen molar-refractivity contribution in [3.8, 4) is 0 Å². The summed E-state index contributed by atoms with van der Waals surface area (Å²) in [4.78, 5) is 14.4. The van der Waals surface area contributed by atoms with Crippen LogP contribution in [-0.2, 0) is 9.53 Å². The molecule has 0 saturated carbocycles. The van der Waals surface area contributed by atoms with Crippen molar-refractivity contribution in [2.75, 3.05) is 39.4 Å². The van der Waals surface area contributed by atoms with E-state index in [-0.39, 0.29) is 5.92 Å². The number of carbonyl (C=O) groups is 1. The first-order chi connectivity index (χ1) is 7.84. The number of amides is 1. The second-order valence-electron chi connectivity index (χ2n) is 5.33. The number of nitrogens with one attached hydrogen (secondary N) is 1. The van der Waals surface area contributed by atoms with E-state index in [4.69, 9.17) is 4.74 Å². The van der Waals surface area contributed by atoms with Crippen molar-refractivity contribution in [1.29, 1.82) is 0 Å². The molecular formula is C12H20N2O2. The molecule has 0 aliphatic carbocycles. The molecule has 2 unspecified atom stereocenters. The van der Waals surface area contributed by atoms with E-state index in [0.717, 1.165) is 52.2 Å². The number of ether oxygens (including phenoxy) is 1. The number of fused-ring (bicyclic) bond motifs is 1. The van der Waals surface area contributed by atoms with Gasteiger partial charge < -0.3 is 15.0 Å². The number of hydrogen-bond donors (Lipinski definition) is 1. The minimum absolute atomic E-state index is 0.279. The van der Waals surface area contributed by atoms with Gasteiger partial charge in [-0.3, -0.25) is 4.79 Å². The molecule has 3 saturated heterocycles. The molecule has 3 fully saturated rings. The van der Waals surface area contributed by atoms with Crippen molar-refractivity contribution in [1.82, 2.24) is 10.2 Å². The van der Waals surface area contributed by atoms with Crippen LogP contribution in [0.3, 0.4) is 0 Å². The van der Waals surface area contributed by atoms with Crippen molar-refractivity contribution in [3.05, 3.63) is 0 Å². The molecule has 90 valence electrons. The standard InChI is InChI=1S/C12H20N2O2/c15-12(9-1-3-13-4-2-9)14-5-10-7-16-8-11(10)6-14/h9-11,13H,1-8H2. The number of rotatable bonds is 1. The van der Waals surface area contributed by atoms with Gasteiger partial charge in [0.1, 0.15) is 0 Å². The molecule has 0 radical (unpaired) electrons. The van der Waals surface area contributed by atoms with Gasteiger partial charge >= 0.3 is 0 Å². The van der Waals surface area contributed by atoms with E-state index in [9.17, 15) is 4.79 Å². The average Bonchev–Trinajstić information content (AvgIpc) is 2.89. The van der Waals surface area contributed by atoms with Crippen LogP contribution in [0.2, 0.25) is 0 Å². The highest BCUT2D eigenvalue weighted by Gasteiger charge is 2.40. The van der Waals surface area contributed by atoms with Crippen LogP contribution in [0.25, 0.3) is 0 Å². The Morgan fingerprint density at radius 1 is 1.12 bits per heavy atom. The lowest BCUT2D eigenvalue weighted by atomic mass is 9.97. The van der Waals surface area contributed by atoms with E-state index >= 15 is 0 Å². The molecule has 2 atom stereocenters. The normalized spacial score (nSPS) is 35.4. The predicted octanol–water partition coefficient (Wildman–Crippen LogP) is 0.0908. The number of hydrogen-bond acceptors (Lipinski definition) is 3. The van der Waals surface area contributed by atoms with E-state index in [1.165, 1.54) is 0 Å². The van der Waals surface area contributed by atoms with Gasteiger partial charge in [-0.25, -0.2) is 0 Å². The Labute approximate surface area is 96.3 Å². The summed E-state index contributed by atoms with van der Waals surface area (Å²) in [6.45, 7) is 5.60. The molecule has 0 spiro atoms. The van der Waals surface area contributed by atoms with Crippen molar-refractivity contribution in [2.45, 2.75) is 12.8 Å². The molecule has 1 N–H and O–H groups in total. The van der Waals surface area contributed by atoms with Gasteiger partial charge in [0.05, 0.1) is 13.2 Å². The van der Waals surface area contributed by atoms with E-state index in [1.54, 1.807) is 0 Å². The van der Waals surface area contributed by atoms with Crippen LogP contribution in [0.4, 0.5) is 0 Å².